The van der Waals surface area contributed by atoms with Gasteiger partial charge in [-0.25, -0.2) is 0 Å². The highest BCUT2D eigenvalue weighted by Gasteiger charge is 2.29. The molecule has 0 radical (unpaired) electrons. The Kier molecular flexibility index (Phi) is 3.99. The summed E-state index contributed by atoms with van der Waals surface area (Å²) >= 11 is 0. The molecule has 3 rings (SSSR count). The molecule has 1 aliphatic heterocycles. The average molecular weight is 308 g/mol. The third kappa shape index (κ3) is 3.02. The summed E-state index contributed by atoms with van der Waals surface area (Å²) in [6, 6.07) is 9.68. The number of hydrogen-bond donors (Lipinski definition) is 0. The molecule has 0 N–H and O–H groups in total. The highest BCUT2D eigenvalue weighted by atomic mass is 16.2. The van der Waals surface area contributed by atoms with Crippen LogP contribution in [0.1, 0.15) is 42.6 Å². The molecule has 2 aromatic rings. The van der Waals surface area contributed by atoms with Crippen molar-refractivity contribution in [1.29, 1.82) is 0 Å². The molecule has 0 spiro atoms. The van der Waals surface area contributed by atoms with Gasteiger partial charge in [-0.05, 0) is 57.0 Å². The Morgan fingerprint density at radius 3 is 2.61 bits per heavy atom. The van der Waals surface area contributed by atoms with Crippen molar-refractivity contribution in [2.24, 2.45) is 0 Å². The third-order valence-corrected chi connectivity index (χ3v) is 4.30. The molecule has 118 valence electrons. The lowest BCUT2D eigenvalue weighted by Gasteiger charge is -2.23. The minimum Gasteiger partial charge on any atom is -0.310 e. The first-order valence-corrected chi connectivity index (χ1v) is 7.87. The average Bonchev–Trinajstić information content (AvgIpc) is 2.86. The number of carbonyl (C=O) groups excluding carboxylic acids is 2. The first-order chi connectivity index (χ1) is 11.0. The summed E-state index contributed by atoms with van der Waals surface area (Å²) in [5.74, 6) is 0.0977. The van der Waals surface area contributed by atoms with E-state index in [1.165, 1.54) is 0 Å². The Morgan fingerprint density at radius 2 is 2.04 bits per heavy atom. The van der Waals surface area contributed by atoms with Gasteiger partial charge in [0.2, 0.25) is 5.91 Å². The molecule has 1 fully saturated rings. The lowest BCUT2D eigenvalue weighted by molar-refractivity contribution is -0.117. The van der Waals surface area contributed by atoms with Gasteiger partial charge in [-0.3, -0.25) is 14.6 Å². The smallest absolute Gasteiger partial charge is 0.227 e. The normalized spacial score (nSPS) is 17.6. The van der Waals surface area contributed by atoms with Crippen LogP contribution in [0.3, 0.4) is 0 Å². The van der Waals surface area contributed by atoms with Crippen molar-refractivity contribution in [2.75, 3.05) is 4.90 Å². The van der Waals surface area contributed by atoms with E-state index in [2.05, 4.69) is 4.98 Å². The molecule has 23 heavy (non-hydrogen) atoms. The van der Waals surface area contributed by atoms with Crippen LogP contribution in [0.25, 0.3) is 11.3 Å². The summed E-state index contributed by atoms with van der Waals surface area (Å²) in [5.41, 5.74) is 4.13. The largest absolute Gasteiger partial charge is 0.310 e. The van der Waals surface area contributed by atoms with Gasteiger partial charge in [-0.15, -0.1) is 0 Å². The lowest BCUT2D eigenvalue weighted by Crippen LogP contribution is -2.30. The monoisotopic (exact) mass is 308 g/mol. The fourth-order valence-corrected chi connectivity index (χ4v) is 2.97. The van der Waals surface area contributed by atoms with Crippen LogP contribution in [-0.4, -0.2) is 22.7 Å². The number of Topliss-reactive ketones (excluding diaryl/α,β-unsaturated/α-hetero) is 1. The number of hydrogen-bond acceptors (Lipinski definition) is 3. The number of ketones is 1. The summed E-state index contributed by atoms with van der Waals surface area (Å²) in [5, 5.41) is 0. The van der Waals surface area contributed by atoms with Crippen LogP contribution in [0, 0.1) is 6.92 Å². The molecule has 1 amide bonds. The van der Waals surface area contributed by atoms with Gasteiger partial charge >= 0.3 is 0 Å². The number of carbonyl (C=O) groups is 2. The number of aromatic nitrogens is 1. The van der Waals surface area contributed by atoms with Crippen molar-refractivity contribution in [3.63, 3.8) is 0 Å². The summed E-state index contributed by atoms with van der Waals surface area (Å²) in [4.78, 5) is 30.3. The first kappa shape index (κ1) is 15.4. The fourth-order valence-electron chi connectivity index (χ4n) is 2.97. The van der Waals surface area contributed by atoms with Gasteiger partial charge in [-0.1, -0.05) is 6.07 Å². The quantitative estimate of drug-likeness (QED) is 0.811. The molecule has 0 aliphatic carbocycles. The molecule has 1 unspecified atom stereocenters. The lowest BCUT2D eigenvalue weighted by atomic mass is 10.0. The van der Waals surface area contributed by atoms with Crippen molar-refractivity contribution < 1.29 is 9.59 Å². The van der Waals surface area contributed by atoms with Gasteiger partial charge in [0.25, 0.3) is 0 Å². The topological polar surface area (TPSA) is 50.3 Å². The number of rotatable bonds is 3. The van der Waals surface area contributed by atoms with E-state index in [0.717, 1.165) is 28.9 Å². The standard InChI is InChI=1S/C19H20N2O2/c1-12-4-6-18(20-11-12)16-8-15(14(3)22)9-17(10-16)21-13(2)5-7-19(21)23/h4,6,8-11,13H,5,7H2,1-3H3. The van der Waals surface area contributed by atoms with E-state index in [1.54, 1.807) is 24.1 Å². The highest BCUT2D eigenvalue weighted by molar-refractivity contribution is 6.00. The van der Waals surface area contributed by atoms with Crippen LogP contribution in [0.15, 0.2) is 36.5 Å². The molecule has 4 heteroatoms. The maximum absolute atomic E-state index is 12.2. The molecule has 1 aromatic heterocycles. The Labute approximate surface area is 136 Å². The van der Waals surface area contributed by atoms with Crippen LogP contribution < -0.4 is 4.90 Å². The summed E-state index contributed by atoms with van der Waals surface area (Å²) in [6.07, 6.45) is 3.21. The molecule has 0 saturated carbocycles. The molecule has 0 bridgehead atoms. The zero-order valence-corrected chi connectivity index (χ0v) is 13.7. The second kappa shape index (κ2) is 5.95. The van der Waals surface area contributed by atoms with Crippen molar-refractivity contribution in [3.05, 3.63) is 47.7 Å². The highest BCUT2D eigenvalue weighted by Crippen LogP contribution is 2.31. The van der Waals surface area contributed by atoms with E-state index in [-0.39, 0.29) is 17.7 Å². The van der Waals surface area contributed by atoms with E-state index in [1.807, 2.05) is 38.1 Å². The number of nitrogens with zero attached hydrogens (tertiary/aromatic N) is 2. The Balaban J connectivity index is 2.11. The number of amides is 1. The fraction of sp³-hybridized carbons (Fsp3) is 0.316. The molecule has 2 heterocycles. The van der Waals surface area contributed by atoms with Crippen LogP contribution in [0.5, 0.6) is 0 Å². The predicted molar refractivity (Wildman–Crippen MR) is 90.6 cm³/mol. The maximum Gasteiger partial charge on any atom is 0.227 e. The molecule has 1 atom stereocenters. The molecule has 1 saturated heterocycles. The van der Waals surface area contributed by atoms with Gasteiger partial charge in [0.15, 0.2) is 5.78 Å². The number of anilines is 1. The summed E-state index contributed by atoms with van der Waals surface area (Å²) in [6.45, 7) is 5.56. The minimum absolute atomic E-state index is 0.0143. The van der Waals surface area contributed by atoms with Gasteiger partial charge in [-0.2, -0.15) is 0 Å². The molecule has 4 nitrogen and oxygen atoms in total. The van der Waals surface area contributed by atoms with E-state index >= 15 is 0 Å². The van der Waals surface area contributed by atoms with E-state index in [9.17, 15) is 9.59 Å². The summed E-state index contributed by atoms with van der Waals surface area (Å²) in [7, 11) is 0. The van der Waals surface area contributed by atoms with Crippen molar-refractivity contribution in [2.45, 2.75) is 39.7 Å². The van der Waals surface area contributed by atoms with Gasteiger partial charge in [0.05, 0.1) is 5.69 Å². The van der Waals surface area contributed by atoms with Gasteiger partial charge in [0, 0.05) is 35.5 Å². The zero-order chi connectivity index (χ0) is 16.6. The molecule has 1 aliphatic rings. The molecular formula is C19H20N2O2. The number of benzene rings is 1. The Hall–Kier alpha value is -2.49. The number of pyridine rings is 1. The molecule has 1 aromatic carbocycles. The Bertz CT molecular complexity index is 765. The van der Waals surface area contributed by atoms with Gasteiger partial charge in [0.1, 0.15) is 0 Å². The minimum atomic E-state index is -0.0143. The van der Waals surface area contributed by atoms with E-state index in [4.69, 9.17) is 0 Å². The first-order valence-electron chi connectivity index (χ1n) is 7.87. The van der Waals surface area contributed by atoms with Crippen LogP contribution >= 0.6 is 0 Å². The van der Waals surface area contributed by atoms with Crippen LogP contribution in [0.2, 0.25) is 0 Å². The predicted octanol–water partition coefficient (Wildman–Crippen LogP) is 3.77. The third-order valence-electron chi connectivity index (χ3n) is 4.30. The summed E-state index contributed by atoms with van der Waals surface area (Å²) < 4.78 is 0. The van der Waals surface area contributed by atoms with Crippen LogP contribution in [-0.2, 0) is 4.79 Å². The molecular weight excluding hydrogens is 288 g/mol. The SMILES string of the molecule is CC(=O)c1cc(-c2ccc(C)cn2)cc(N2C(=O)CCC2C)c1. The number of aryl methyl sites for hydroxylation is 1. The Morgan fingerprint density at radius 1 is 1.26 bits per heavy atom. The second-order valence-corrected chi connectivity index (χ2v) is 6.20. The van der Waals surface area contributed by atoms with E-state index in [0.29, 0.717) is 12.0 Å². The zero-order valence-electron chi connectivity index (χ0n) is 13.7. The van der Waals surface area contributed by atoms with Crippen molar-refractivity contribution >= 4 is 17.4 Å². The second-order valence-electron chi connectivity index (χ2n) is 6.20. The van der Waals surface area contributed by atoms with Crippen molar-refractivity contribution in [1.82, 2.24) is 4.98 Å². The van der Waals surface area contributed by atoms with Crippen LogP contribution in [0.4, 0.5) is 5.69 Å². The van der Waals surface area contributed by atoms with Gasteiger partial charge < -0.3 is 4.90 Å². The van der Waals surface area contributed by atoms with Crippen molar-refractivity contribution in [3.8, 4) is 11.3 Å². The van der Waals surface area contributed by atoms with E-state index < -0.39 is 0 Å². The maximum atomic E-state index is 12.2.